The molecule has 0 atom stereocenters. The molecule has 1 amide bonds. The number of hydrogen-bond acceptors (Lipinski definition) is 6. The number of halogens is 1. The first kappa shape index (κ1) is 22.2. The van der Waals surface area contributed by atoms with Crippen LogP contribution in [-0.2, 0) is 11.3 Å². The van der Waals surface area contributed by atoms with Crippen molar-refractivity contribution >= 4 is 33.9 Å². The van der Waals surface area contributed by atoms with E-state index in [1.54, 1.807) is 28.4 Å². The Morgan fingerprint density at radius 2 is 1.72 bits per heavy atom. The monoisotopic (exact) mass is 453 g/mol. The zero-order valence-corrected chi connectivity index (χ0v) is 19.5. The molecule has 1 aliphatic heterocycles. The highest BCUT2D eigenvalue weighted by molar-refractivity contribution is 7.13. The molecule has 0 saturated carbocycles. The Bertz CT molecular complexity index is 1020. The number of hydrogen-bond donors (Lipinski definition) is 0. The largest absolute Gasteiger partial charge is 0.353 e. The Balaban J connectivity index is 1.45. The van der Waals surface area contributed by atoms with Gasteiger partial charge in [0.25, 0.3) is 0 Å². The molecule has 0 N–H and O–H groups in total. The molecule has 1 aromatic carbocycles. The molecule has 0 bridgehead atoms. The molecule has 168 valence electrons. The number of rotatable bonds is 5. The minimum absolute atomic E-state index is 0.0218. The van der Waals surface area contributed by atoms with Crippen LogP contribution < -0.4 is 14.7 Å². The number of benzene rings is 1. The molecule has 3 aromatic rings. The lowest BCUT2D eigenvalue weighted by Crippen LogP contribution is -2.46. The molecule has 1 saturated heterocycles. The van der Waals surface area contributed by atoms with Crippen LogP contribution in [0.5, 0.6) is 0 Å². The quantitative estimate of drug-likeness (QED) is 0.566. The number of anilines is 3. The molecule has 8 heteroatoms. The van der Waals surface area contributed by atoms with Crippen molar-refractivity contribution in [2.45, 2.75) is 27.3 Å². The molecule has 0 spiro atoms. The fraction of sp³-hybridized carbons (Fsp3) is 0.375. The number of thiazole rings is 1. The van der Waals surface area contributed by atoms with Gasteiger partial charge in [-0.3, -0.25) is 4.79 Å². The van der Waals surface area contributed by atoms with Crippen LogP contribution in [0.4, 0.5) is 21.0 Å². The molecule has 1 fully saturated rings. The maximum Gasteiger partial charge on any atom is 0.232 e. The molecular formula is C24H28FN5OS. The molecule has 32 heavy (non-hydrogen) atoms. The maximum atomic E-state index is 13.4. The van der Waals surface area contributed by atoms with Crippen LogP contribution in [0.2, 0.25) is 0 Å². The van der Waals surface area contributed by atoms with E-state index in [-0.39, 0.29) is 11.7 Å². The van der Waals surface area contributed by atoms with Crippen LogP contribution in [0, 0.1) is 11.2 Å². The molecule has 0 unspecified atom stereocenters. The topological polar surface area (TPSA) is 52.6 Å². The lowest BCUT2D eigenvalue weighted by Gasteiger charge is -2.35. The molecule has 6 nitrogen and oxygen atoms in total. The summed E-state index contributed by atoms with van der Waals surface area (Å²) in [6.45, 7) is 9.64. The minimum Gasteiger partial charge on any atom is -0.353 e. The average Bonchev–Trinajstić information content (AvgIpc) is 3.33. The van der Waals surface area contributed by atoms with Gasteiger partial charge in [0.1, 0.15) is 11.6 Å². The number of carbonyl (C=O) groups excluding carboxylic acids is 1. The van der Waals surface area contributed by atoms with E-state index in [1.165, 1.54) is 12.1 Å². The Hall–Kier alpha value is -3.00. The molecule has 0 radical (unpaired) electrons. The number of nitrogens with zero attached hydrogens (tertiary/aromatic N) is 5. The summed E-state index contributed by atoms with van der Waals surface area (Å²) in [5.74, 6) is 0.590. The number of amides is 1. The Kier molecular flexibility index (Phi) is 6.41. The summed E-state index contributed by atoms with van der Waals surface area (Å²) in [5, 5.41) is 3.07. The molecule has 0 aliphatic carbocycles. The summed E-state index contributed by atoms with van der Waals surface area (Å²) in [5.41, 5.74) is 1.05. The average molecular weight is 454 g/mol. The molecule has 4 rings (SSSR count). The first-order valence-electron chi connectivity index (χ1n) is 10.7. The smallest absolute Gasteiger partial charge is 0.232 e. The van der Waals surface area contributed by atoms with Gasteiger partial charge in [0.05, 0.1) is 6.54 Å². The zero-order valence-electron chi connectivity index (χ0n) is 18.7. The van der Waals surface area contributed by atoms with Gasteiger partial charge in [-0.2, -0.15) is 0 Å². The van der Waals surface area contributed by atoms with E-state index in [2.05, 4.69) is 19.8 Å². The van der Waals surface area contributed by atoms with Crippen LogP contribution in [0.1, 0.15) is 26.3 Å². The third-order valence-corrected chi connectivity index (χ3v) is 6.30. The predicted octanol–water partition coefficient (Wildman–Crippen LogP) is 4.58. The van der Waals surface area contributed by atoms with E-state index in [0.717, 1.165) is 42.7 Å². The van der Waals surface area contributed by atoms with E-state index in [9.17, 15) is 9.18 Å². The fourth-order valence-corrected chi connectivity index (χ4v) is 4.38. The van der Waals surface area contributed by atoms with Gasteiger partial charge < -0.3 is 14.7 Å². The Morgan fingerprint density at radius 1 is 1.03 bits per heavy atom. The normalized spacial score (nSPS) is 14.5. The summed E-state index contributed by atoms with van der Waals surface area (Å²) in [6, 6.07) is 10.1. The second kappa shape index (κ2) is 9.24. The standard InChI is InChI=1S/C24H28FN5OS/c1-24(2,3)22(31)30(20-7-5-19(25)6-8-20)17-18-4-9-21(27-16-18)28-11-13-29(14-12-28)23-26-10-15-32-23/h4-10,15-16H,11-14,17H2,1-3H3. The van der Waals surface area contributed by atoms with E-state index in [1.807, 2.05) is 50.7 Å². The predicted molar refractivity (Wildman–Crippen MR) is 128 cm³/mol. The van der Waals surface area contributed by atoms with Crippen LogP contribution in [0.3, 0.4) is 0 Å². The zero-order chi connectivity index (χ0) is 22.7. The van der Waals surface area contributed by atoms with Gasteiger partial charge >= 0.3 is 0 Å². The van der Waals surface area contributed by atoms with Crippen LogP contribution in [-0.4, -0.2) is 42.1 Å². The third-order valence-electron chi connectivity index (χ3n) is 5.47. The third kappa shape index (κ3) is 5.07. The van der Waals surface area contributed by atoms with Gasteiger partial charge in [-0.25, -0.2) is 14.4 Å². The van der Waals surface area contributed by atoms with Crippen LogP contribution in [0.25, 0.3) is 0 Å². The Morgan fingerprint density at radius 3 is 2.28 bits per heavy atom. The van der Waals surface area contributed by atoms with Gasteiger partial charge in [0, 0.05) is 55.1 Å². The summed E-state index contributed by atoms with van der Waals surface area (Å²) in [7, 11) is 0. The van der Waals surface area contributed by atoms with E-state index < -0.39 is 5.41 Å². The van der Waals surface area contributed by atoms with E-state index >= 15 is 0 Å². The van der Waals surface area contributed by atoms with E-state index in [4.69, 9.17) is 0 Å². The van der Waals surface area contributed by atoms with Crippen molar-refractivity contribution in [2.24, 2.45) is 5.41 Å². The highest BCUT2D eigenvalue weighted by Gasteiger charge is 2.28. The SMILES string of the molecule is CC(C)(C)C(=O)N(Cc1ccc(N2CCN(c3nccs3)CC2)nc1)c1ccc(F)cc1. The van der Waals surface area contributed by atoms with Gasteiger partial charge in [0.15, 0.2) is 5.13 Å². The molecule has 3 heterocycles. The second-order valence-corrected chi connectivity index (χ2v) is 9.80. The summed E-state index contributed by atoms with van der Waals surface area (Å²) in [6.07, 6.45) is 3.67. The van der Waals surface area contributed by atoms with Crippen molar-refractivity contribution in [3.8, 4) is 0 Å². The van der Waals surface area contributed by atoms with Gasteiger partial charge in [-0.15, -0.1) is 11.3 Å². The summed E-state index contributed by atoms with van der Waals surface area (Å²) >= 11 is 1.66. The van der Waals surface area contributed by atoms with Crippen molar-refractivity contribution in [2.75, 3.05) is 40.9 Å². The number of pyridine rings is 1. The lowest BCUT2D eigenvalue weighted by atomic mass is 9.94. The summed E-state index contributed by atoms with van der Waals surface area (Å²) in [4.78, 5) is 28.4. The van der Waals surface area contributed by atoms with Crippen molar-refractivity contribution in [1.29, 1.82) is 0 Å². The fourth-order valence-electron chi connectivity index (χ4n) is 3.69. The lowest BCUT2D eigenvalue weighted by molar-refractivity contribution is -0.125. The molecule has 2 aromatic heterocycles. The number of aromatic nitrogens is 2. The molecule has 1 aliphatic rings. The number of piperazine rings is 1. The highest BCUT2D eigenvalue weighted by atomic mass is 32.1. The van der Waals surface area contributed by atoms with Crippen molar-refractivity contribution in [3.05, 3.63) is 65.6 Å². The van der Waals surface area contributed by atoms with Crippen LogP contribution >= 0.6 is 11.3 Å². The second-order valence-electron chi connectivity index (χ2n) is 8.93. The van der Waals surface area contributed by atoms with Crippen molar-refractivity contribution in [1.82, 2.24) is 9.97 Å². The minimum atomic E-state index is -0.557. The van der Waals surface area contributed by atoms with Gasteiger partial charge in [0.2, 0.25) is 5.91 Å². The van der Waals surface area contributed by atoms with Crippen molar-refractivity contribution in [3.63, 3.8) is 0 Å². The maximum absolute atomic E-state index is 13.4. The number of carbonyl (C=O) groups is 1. The Labute approximate surface area is 192 Å². The highest BCUT2D eigenvalue weighted by Crippen LogP contribution is 2.26. The summed E-state index contributed by atoms with van der Waals surface area (Å²) < 4.78 is 13.4. The van der Waals surface area contributed by atoms with Crippen molar-refractivity contribution < 1.29 is 9.18 Å². The van der Waals surface area contributed by atoms with E-state index in [0.29, 0.717) is 12.2 Å². The van der Waals surface area contributed by atoms with Gasteiger partial charge in [-0.05, 0) is 35.9 Å². The first-order chi connectivity index (χ1) is 15.3. The van der Waals surface area contributed by atoms with Gasteiger partial charge in [-0.1, -0.05) is 26.8 Å². The van der Waals surface area contributed by atoms with Crippen LogP contribution in [0.15, 0.2) is 54.2 Å². The first-order valence-corrected chi connectivity index (χ1v) is 11.6. The molecular weight excluding hydrogens is 425 g/mol.